The number of aromatic nitrogens is 4. The van der Waals surface area contributed by atoms with Gasteiger partial charge in [0.1, 0.15) is 0 Å². The summed E-state index contributed by atoms with van der Waals surface area (Å²) in [6, 6.07) is 0.377. The molecule has 2 N–H and O–H groups in total. The van der Waals surface area contributed by atoms with Crippen LogP contribution in [0, 0.1) is 6.92 Å². The lowest BCUT2D eigenvalue weighted by Gasteiger charge is -2.35. The second kappa shape index (κ2) is 5.14. The summed E-state index contributed by atoms with van der Waals surface area (Å²) >= 11 is 0. The largest absolute Gasteiger partial charge is 0.336 e. The Morgan fingerprint density at radius 2 is 2.37 bits per heavy atom. The molecule has 0 bridgehead atoms. The molecule has 3 heterocycles. The smallest absolute Gasteiger partial charge is 0.0949 e. The summed E-state index contributed by atoms with van der Waals surface area (Å²) in [6.45, 7) is 6.05. The quantitative estimate of drug-likeness (QED) is 0.848. The zero-order valence-corrected chi connectivity index (χ0v) is 11.4. The molecule has 0 saturated carbocycles. The van der Waals surface area contributed by atoms with Crippen LogP contribution < -0.4 is 5.32 Å². The SMILES string of the molecule is Cc1ncn(C)c1CN1CCNCC1c1cn[nH]c1. The van der Waals surface area contributed by atoms with Gasteiger partial charge in [-0.05, 0) is 6.92 Å². The second-order valence-corrected chi connectivity index (χ2v) is 5.11. The van der Waals surface area contributed by atoms with Crippen LogP contribution in [0.2, 0.25) is 0 Å². The van der Waals surface area contributed by atoms with Crippen LogP contribution in [0.1, 0.15) is 23.0 Å². The van der Waals surface area contributed by atoms with E-state index in [1.165, 1.54) is 11.3 Å². The van der Waals surface area contributed by atoms with Crippen LogP contribution in [0.4, 0.5) is 0 Å². The van der Waals surface area contributed by atoms with Gasteiger partial charge in [0, 0.05) is 45.0 Å². The fraction of sp³-hybridized carbons (Fsp3) is 0.538. The minimum absolute atomic E-state index is 0.377. The molecule has 2 aromatic heterocycles. The Balaban J connectivity index is 1.81. The first-order chi connectivity index (χ1) is 9.25. The van der Waals surface area contributed by atoms with Gasteiger partial charge in [0.2, 0.25) is 0 Å². The summed E-state index contributed by atoms with van der Waals surface area (Å²) in [5, 5.41) is 10.4. The maximum atomic E-state index is 4.37. The van der Waals surface area contributed by atoms with E-state index < -0.39 is 0 Å². The van der Waals surface area contributed by atoms with Crippen LogP contribution >= 0.6 is 0 Å². The molecule has 0 aromatic carbocycles. The Morgan fingerprint density at radius 1 is 1.47 bits per heavy atom. The van der Waals surface area contributed by atoms with E-state index in [4.69, 9.17) is 0 Å². The highest BCUT2D eigenvalue weighted by Gasteiger charge is 2.25. The Labute approximate surface area is 112 Å². The molecule has 0 aliphatic carbocycles. The lowest BCUT2D eigenvalue weighted by Crippen LogP contribution is -2.45. The van der Waals surface area contributed by atoms with Gasteiger partial charge in [0.05, 0.1) is 30.0 Å². The zero-order chi connectivity index (χ0) is 13.2. The number of hydrogen-bond acceptors (Lipinski definition) is 4. The van der Waals surface area contributed by atoms with E-state index in [1.807, 2.05) is 18.7 Å². The summed E-state index contributed by atoms with van der Waals surface area (Å²) < 4.78 is 2.11. The number of piperazine rings is 1. The van der Waals surface area contributed by atoms with Crippen LogP contribution in [0.25, 0.3) is 0 Å². The summed E-state index contributed by atoms with van der Waals surface area (Å²) in [5.41, 5.74) is 3.65. The van der Waals surface area contributed by atoms with Gasteiger partial charge < -0.3 is 9.88 Å². The predicted molar refractivity (Wildman–Crippen MR) is 72.6 cm³/mol. The first kappa shape index (κ1) is 12.4. The van der Waals surface area contributed by atoms with Gasteiger partial charge in [-0.25, -0.2) is 4.98 Å². The van der Waals surface area contributed by atoms with Crippen molar-refractivity contribution in [3.8, 4) is 0 Å². The van der Waals surface area contributed by atoms with Crippen molar-refractivity contribution in [3.05, 3.63) is 35.7 Å². The molecule has 1 atom stereocenters. The Kier molecular flexibility index (Phi) is 3.35. The van der Waals surface area contributed by atoms with E-state index in [0.29, 0.717) is 6.04 Å². The zero-order valence-electron chi connectivity index (χ0n) is 11.4. The van der Waals surface area contributed by atoms with Gasteiger partial charge in [-0.1, -0.05) is 0 Å². The average molecular weight is 260 g/mol. The predicted octanol–water partition coefficient (Wildman–Crippen LogP) is 0.598. The van der Waals surface area contributed by atoms with Crippen molar-refractivity contribution in [2.24, 2.45) is 7.05 Å². The topological polar surface area (TPSA) is 61.8 Å². The van der Waals surface area contributed by atoms with E-state index >= 15 is 0 Å². The van der Waals surface area contributed by atoms with E-state index in [9.17, 15) is 0 Å². The molecule has 6 heteroatoms. The van der Waals surface area contributed by atoms with Gasteiger partial charge in [0.15, 0.2) is 0 Å². The molecule has 1 saturated heterocycles. The third-order valence-corrected chi connectivity index (χ3v) is 3.88. The van der Waals surface area contributed by atoms with Crippen molar-refractivity contribution in [1.29, 1.82) is 0 Å². The summed E-state index contributed by atoms with van der Waals surface area (Å²) in [6.07, 6.45) is 5.79. The van der Waals surface area contributed by atoms with Gasteiger partial charge in [-0.3, -0.25) is 10.00 Å². The molecule has 1 fully saturated rings. The minimum Gasteiger partial charge on any atom is -0.336 e. The first-order valence-corrected chi connectivity index (χ1v) is 6.66. The van der Waals surface area contributed by atoms with Crippen LogP contribution in [0.15, 0.2) is 18.7 Å². The number of aryl methyl sites for hydroxylation is 2. The third-order valence-electron chi connectivity index (χ3n) is 3.88. The number of nitrogens with zero attached hydrogens (tertiary/aromatic N) is 4. The molecule has 0 amide bonds. The van der Waals surface area contributed by atoms with Gasteiger partial charge in [-0.15, -0.1) is 0 Å². The van der Waals surface area contributed by atoms with Gasteiger partial charge in [0.25, 0.3) is 0 Å². The molecule has 1 unspecified atom stereocenters. The number of rotatable bonds is 3. The molecule has 1 aliphatic rings. The van der Waals surface area contributed by atoms with Gasteiger partial charge >= 0.3 is 0 Å². The highest BCUT2D eigenvalue weighted by molar-refractivity contribution is 5.15. The number of aromatic amines is 1. The van der Waals surface area contributed by atoms with Crippen LogP contribution in [0.5, 0.6) is 0 Å². The van der Waals surface area contributed by atoms with Crippen LogP contribution in [0.3, 0.4) is 0 Å². The number of imidazole rings is 1. The molecular weight excluding hydrogens is 240 g/mol. The molecule has 0 spiro atoms. The monoisotopic (exact) mass is 260 g/mol. The minimum atomic E-state index is 0.377. The first-order valence-electron chi connectivity index (χ1n) is 6.66. The Hall–Kier alpha value is -1.66. The Bertz CT molecular complexity index is 510. The lowest BCUT2D eigenvalue weighted by atomic mass is 10.1. The molecule has 3 rings (SSSR count). The maximum Gasteiger partial charge on any atom is 0.0949 e. The highest BCUT2D eigenvalue weighted by atomic mass is 15.2. The van der Waals surface area contributed by atoms with Crippen molar-refractivity contribution in [2.75, 3.05) is 19.6 Å². The highest BCUT2D eigenvalue weighted by Crippen LogP contribution is 2.23. The Morgan fingerprint density at radius 3 is 3.05 bits per heavy atom. The van der Waals surface area contributed by atoms with Crippen LogP contribution in [-0.4, -0.2) is 44.3 Å². The molecular formula is C13H20N6. The fourth-order valence-electron chi connectivity index (χ4n) is 2.70. The van der Waals surface area contributed by atoms with Crippen molar-refractivity contribution < 1.29 is 0 Å². The van der Waals surface area contributed by atoms with Crippen molar-refractivity contribution in [3.63, 3.8) is 0 Å². The van der Waals surface area contributed by atoms with E-state index in [1.54, 1.807) is 0 Å². The van der Waals surface area contributed by atoms with Crippen molar-refractivity contribution in [1.82, 2.24) is 30.0 Å². The summed E-state index contributed by atoms with van der Waals surface area (Å²) in [5.74, 6) is 0. The van der Waals surface area contributed by atoms with Crippen molar-refractivity contribution in [2.45, 2.75) is 19.5 Å². The molecule has 19 heavy (non-hydrogen) atoms. The summed E-state index contributed by atoms with van der Waals surface area (Å²) in [4.78, 5) is 6.86. The standard InChI is InChI=1S/C13H20N6/c1-10-13(18(2)9-15-10)8-19-4-3-14-7-12(19)11-5-16-17-6-11/h5-6,9,12,14H,3-4,7-8H2,1-2H3,(H,16,17). The number of hydrogen-bond donors (Lipinski definition) is 2. The van der Waals surface area contributed by atoms with Crippen LogP contribution in [-0.2, 0) is 13.6 Å². The fourth-order valence-corrected chi connectivity index (χ4v) is 2.70. The van der Waals surface area contributed by atoms with E-state index in [0.717, 1.165) is 31.9 Å². The van der Waals surface area contributed by atoms with E-state index in [-0.39, 0.29) is 0 Å². The number of H-pyrrole nitrogens is 1. The molecule has 102 valence electrons. The normalized spacial score (nSPS) is 20.8. The van der Waals surface area contributed by atoms with Crippen molar-refractivity contribution >= 4 is 0 Å². The average Bonchev–Trinajstić information content (AvgIpc) is 3.05. The molecule has 2 aromatic rings. The molecule has 6 nitrogen and oxygen atoms in total. The second-order valence-electron chi connectivity index (χ2n) is 5.11. The third kappa shape index (κ3) is 2.41. The molecule has 1 aliphatic heterocycles. The number of nitrogens with one attached hydrogen (secondary N) is 2. The van der Waals surface area contributed by atoms with E-state index in [2.05, 4.69) is 43.9 Å². The molecule has 0 radical (unpaired) electrons. The van der Waals surface area contributed by atoms with Gasteiger partial charge in [-0.2, -0.15) is 5.10 Å². The summed E-state index contributed by atoms with van der Waals surface area (Å²) in [7, 11) is 2.06. The maximum absolute atomic E-state index is 4.37. The lowest BCUT2D eigenvalue weighted by molar-refractivity contribution is 0.150.